The molecule has 1 aromatic heterocycles. The molecule has 1 aliphatic carbocycles. The Morgan fingerprint density at radius 3 is 2.67 bits per heavy atom. The van der Waals surface area contributed by atoms with Gasteiger partial charge in [0.15, 0.2) is 0 Å². The summed E-state index contributed by atoms with van der Waals surface area (Å²) in [5.41, 5.74) is 8.73. The molecule has 1 fully saturated rings. The number of nitrogens with zero attached hydrogens (tertiary/aromatic N) is 1. The first-order chi connectivity index (χ1) is 10.6. The number of carbonyl (C=O) groups is 1. The van der Waals surface area contributed by atoms with Crippen molar-refractivity contribution >= 4 is 47.7 Å². The number of nitrogens with two attached hydrogens (primary N) is 1. The summed E-state index contributed by atoms with van der Waals surface area (Å²) in [6.07, 6.45) is 3.49. The summed E-state index contributed by atoms with van der Waals surface area (Å²) < 4.78 is 0. The molecule has 4 nitrogen and oxygen atoms in total. The van der Waals surface area contributed by atoms with Crippen LogP contribution in [0.15, 0.2) is 29.6 Å². The van der Waals surface area contributed by atoms with E-state index in [4.69, 9.17) is 5.73 Å². The number of hydrogen-bond donors (Lipinski definition) is 2. The summed E-state index contributed by atoms with van der Waals surface area (Å²) >= 11 is 1.64. The van der Waals surface area contributed by atoms with Gasteiger partial charge in [-0.3, -0.25) is 4.79 Å². The Hall–Kier alpha value is -1.30. The van der Waals surface area contributed by atoms with Crippen molar-refractivity contribution < 1.29 is 4.79 Å². The number of benzene rings is 1. The molecule has 0 saturated heterocycles. The average Bonchev–Trinajstić information content (AvgIpc) is 3.25. The minimum atomic E-state index is 0. The second-order valence-corrected chi connectivity index (χ2v) is 6.80. The Morgan fingerprint density at radius 1 is 1.38 bits per heavy atom. The Labute approximate surface area is 159 Å². The van der Waals surface area contributed by atoms with E-state index in [9.17, 15) is 4.79 Å². The number of aryl methyl sites for hydroxylation is 2. The number of thiazole rings is 1. The molecule has 1 atom stereocenters. The molecular formula is C17H23Cl2N3OS. The van der Waals surface area contributed by atoms with Gasteiger partial charge in [0.2, 0.25) is 5.91 Å². The topological polar surface area (TPSA) is 68.0 Å². The highest BCUT2D eigenvalue weighted by molar-refractivity contribution is 7.09. The van der Waals surface area contributed by atoms with Crippen LogP contribution in [0.1, 0.15) is 41.6 Å². The van der Waals surface area contributed by atoms with Crippen molar-refractivity contribution in [3.63, 3.8) is 0 Å². The van der Waals surface area contributed by atoms with E-state index in [-0.39, 0.29) is 36.8 Å². The van der Waals surface area contributed by atoms with Crippen LogP contribution < -0.4 is 11.1 Å². The highest BCUT2D eigenvalue weighted by atomic mass is 35.5. The van der Waals surface area contributed by atoms with Crippen molar-refractivity contribution in [2.24, 2.45) is 5.92 Å². The lowest BCUT2D eigenvalue weighted by molar-refractivity contribution is -0.122. The molecule has 0 spiro atoms. The molecule has 7 heteroatoms. The molecule has 1 amide bonds. The summed E-state index contributed by atoms with van der Waals surface area (Å²) in [6, 6.07) is 7.80. The molecule has 2 aromatic rings. The zero-order chi connectivity index (χ0) is 15.5. The van der Waals surface area contributed by atoms with Gasteiger partial charge in [0.25, 0.3) is 0 Å². The third-order valence-electron chi connectivity index (χ3n) is 3.99. The summed E-state index contributed by atoms with van der Waals surface area (Å²) in [5, 5.41) is 6.24. The fourth-order valence-corrected chi connectivity index (χ4v) is 3.52. The van der Waals surface area contributed by atoms with E-state index in [1.54, 1.807) is 11.3 Å². The zero-order valence-corrected chi connectivity index (χ0v) is 16.0. The summed E-state index contributed by atoms with van der Waals surface area (Å²) in [5.74, 6) is 0.629. The first kappa shape index (κ1) is 20.7. The van der Waals surface area contributed by atoms with Crippen molar-refractivity contribution in [2.45, 2.75) is 38.6 Å². The molecule has 132 valence electrons. The van der Waals surface area contributed by atoms with Gasteiger partial charge in [0, 0.05) is 23.2 Å². The van der Waals surface area contributed by atoms with Crippen LogP contribution in [0.2, 0.25) is 0 Å². The number of hydrogen-bond acceptors (Lipinski definition) is 4. The monoisotopic (exact) mass is 387 g/mol. The zero-order valence-electron chi connectivity index (χ0n) is 13.5. The smallest absolute Gasteiger partial charge is 0.220 e. The molecule has 0 radical (unpaired) electrons. The van der Waals surface area contributed by atoms with E-state index in [1.807, 2.05) is 36.6 Å². The maximum Gasteiger partial charge on any atom is 0.220 e. The second kappa shape index (κ2) is 9.25. The Kier molecular flexibility index (Phi) is 8.00. The first-order valence-electron chi connectivity index (χ1n) is 7.68. The molecule has 3 N–H and O–H groups in total. The maximum atomic E-state index is 12.3. The van der Waals surface area contributed by atoms with Gasteiger partial charge < -0.3 is 11.1 Å². The van der Waals surface area contributed by atoms with Crippen LogP contribution in [-0.2, 0) is 11.2 Å². The highest BCUT2D eigenvalue weighted by Crippen LogP contribution is 2.41. The summed E-state index contributed by atoms with van der Waals surface area (Å²) in [7, 11) is 0. The Balaban J connectivity index is 0.00000144. The normalized spacial score (nSPS) is 14.2. The minimum absolute atomic E-state index is 0. The number of nitrogen functional groups attached to an aromatic ring is 1. The van der Waals surface area contributed by atoms with Crippen LogP contribution in [-0.4, -0.2) is 10.9 Å². The molecule has 1 unspecified atom stereocenters. The van der Waals surface area contributed by atoms with Crippen molar-refractivity contribution in [1.29, 1.82) is 0 Å². The SMILES string of the molecule is Cc1csc(C(NC(=O)CCc2ccccc2N)C2CC2)n1.Cl.Cl. The van der Waals surface area contributed by atoms with Gasteiger partial charge in [-0.2, -0.15) is 0 Å². The minimum Gasteiger partial charge on any atom is -0.399 e. The van der Waals surface area contributed by atoms with E-state index >= 15 is 0 Å². The predicted molar refractivity (Wildman–Crippen MR) is 104 cm³/mol. The van der Waals surface area contributed by atoms with Gasteiger partial charge in [-0.1, -0.05) is 18.2 Å². The van der Waals surface area contributed by atoms with Gasteiger partial charge in [-0.25, -0.2) is 4.98 Å². The van der Waals surface area contributed by atoms with Crippen LogP contribution >= 0.6 is 36.2 Å². The number of amides is 1. The van der Waals surface area contributed by atoms with Gasteiger partial charge >= 0.3 is 0 Å². The largest absolute Gasteiger partial charge is 0.399 e. The van der Waals surface area contributed by atoms with Crippen molar-refractivity contribution in [1.82, 2.24) is 10.3 Å². The van der Waals surface area contributed by atoms with Gasteiger partial charge in [0.1, 0.15) is 5.01 Å². The third-order valence-corrected chi connectivity index (χ3v) is 5.03. The lowest BCUT2D eigenvalue weighted by atomic mass is 10.1. The molecule has 0 bridgehead atoms. The lowest BCUT2D eigenvalue weighted by Crippen LogP contribution is -2.30. The van der Waals surface area contributed by atoms with Crippen molar-refractivity contribution in [3.05, 3.63) is 45.9 Å². The van der Waals surface area contributed by atoms with Crippen LogP contribution in [0.4, 0.5) is 5.69 Å². The molecule has 24 heavy (non-hydrogen) atoms. The maximum absolute atomic E-state index is 12.3. The van der Waals surface area contributed by atoms with Gasteiger partial charge in [-0.05, 0) is 43.7 Å². The van der Waals surface area contributed by atoms with E-state index < -0.39 is 0 Å². The fourth-order valence-electron chi connectivity index (χ4n) is 2.58. The quantitative estimate of drug-likeness (QED) is 0.733. The lowest BCUT2D eigenvalue weighted by Gasteiger charge is -2.16. The Bertz CT molecular complexity index is 673. The van der Waals surface area contributed by atoms with Crippen LogP contribution in [0.5, 0.6) is 0 Å². The molecule has 1 aromatic carbocycles. The first-order valence-corrected chi connectivity index (χ1v) is 8.56. The molecule has 0 aliphatic heterocycles. The van der Waals surface area contributed by atoms with Crippen molar-refractivity contribution in [2.75, 3.05) is 5.73 Å². The fraction of sp³-hybridized carbons (Fsp3) is 0.412. The molecule has 1 aliphatic rings. The number of nitrogens with one attached hydrogen (secondary N) is 1. The average molecular weight is 388 g/mol. The highest BCUT2D eigenvalue weighted by Gasteiger charge is 2.35. The standard InChI is InChI=1S/C17H21N3OS.2ClH/c1-11-10-22-17(19-11)16(13-6-7-13)20-15(21)9-8-12-4-2-3-5-14(12)18;;/h2-5,10,13,16H,6-9,18H2,1H3,(H,20,21);2*1H. The molecule has 1 saturated carbocycles. The number of anilines is 1. The van der Waals surface area contributed by atoms with Crippen molar-refractivity contribution in [3.8, 4) is 0 Å². The van der Waals surface area contributed by atoms with Gasteiger partial charge in [-0.15, -0.1) is 36.2 Å². The van der Waals surface area contributed by atoms with E-state index in [2.05, 4.69) is 10.3 Å². The predicted octanol–water partition coefficient (Wildman–Crippen LogP) is 4.08. The van der Waals surface area contributed by atoms with E-state index in [0.29, 0.717) is 18.8 Å². The summed E-state index contributed by atoms with van der Waals surface area (Å²) in [6.45, 7) is 1.99. The second-order valence-electron chi connectivity index (χ2n) is 5.91. The van der Waals surface area contributed by atoms with Crippen LogP contribution in [0, 0.1) is 12.8 Å². The van der Waals surface area contributed by atoms with Crippen LogP contribution in [0.3, 0.4) is 0 Å². The van der Waals surface area contributed by atoms with E-state index in [1.165, 1.54) is 12.8 Å². The van der Waals surface area contributed by atoms with Crippen LogP contribution in [0.25, 0.3) is 0 Å². The third kappa shape index (κ3) is 5.36. The number of carbonyl (C=O) groups excluding carboxylic acids is 1. The number of rotatable bonds is 6. The molecule has 1 heterocycles. The summed E-state index contributed by atoms with van der Waals surface area (Å²) in [4.78, 5) is 16.8. The Morgan fingerprint density at radius 2 is 2.08 bits per heavy atom. The molecular weight excluding hydrogens is 365 g/mol. The molecule has 3 rings (SSSR count). The number of halogens is 2. The number of aromatic nitrogens is 1. The van der Waals surface area contributed by atoms with Gasteiger partial charge in [0.05, 0.1) is 6.04 Å². The number of para-hydroxylation sites is 1. The van der Waals surface area contributed by atoms with E-state index in [0.717, 1.165) is 22.0 Å².